The highest BCUT2D eigenvalue weighted by Crippen LogP contribution is 2.14. The van der Waals surface area contributed by atoms with Crippen molar-refractivity contribution in [2.24, 2.45) is 0 Å². The van der Waals surface area contributed by atoms with Crippen LogP contribution >= 0.6 is 0 Å². The van der Waals surface area contributed by atoms with Crippen LogP contribution in [0.15, 0.2) is 24.3 Å². The lowest BCUT2D eigenvalue weighted by atomic mass is 10.0. The average molecular weight is 265 g/mol. The summed E-state index contributed by atoms with van der Waals surface area (Å²) in [6.07, 6.45) is 0. The van der Waals surface area contributed by atoms with Crippen LogP contribution in [0.25, 0.3) is 0 Å². The first-order chi connectivity index (χ1) is 9.08. The Kier molecular flexibility index (Phi) is 4.91. The molecule has 2 N–H and O–H groups in total. The zero-order chi connectivity index (χ0) is 13.7. The molecule has 2 rings (SSSR count). The van der Waals surface area contributed by atoms with Crippen molar-refractivity contribution in [2.45, 2.75) is 25.9 Å². The van der Waals surface area contributed by atoms with Crippen molar-refractivity contribution in [3.63, 3.8) is 0 Å². The summed E-state index contributed by atoms with van der Waals surface area (Å²) in [5.74, 6) is -0.166. The highest BCUT2D eigenvalue weighted by Gasteiger charge is 2.27. The van der Waals surface area contributed by atoms with Gasteiger partial charge in [-0.2, -0.15) is 0 Å². The summed E-state index contributed by atoms with van der Waals surface area (Å²) in [5.41, 5.74) is 1.13. The van der Waals surface area contributed by atoms with Crippen molar-refractivity contribution in [1.82, 2.24) is 15.5 Å². The highest BCUT2D eigenvalue weighted by molar-refractivity contribution is 5.16. The SMILES string of the molecule is CC(C)(CNCc1cccc(F)c1)N1CCNCC1. The summed E-state index contributed by atoms with van der Waals surface area (Å²) in [6, 6.07) is 6.78. The largest absolute Gasteiger partial charge is 0.314 e. The molecule has 1 aromatic rings. The monoisotopic (exact) mass is 265 g/mol. The maximum absolute atomic E-state index is 13.1. The van der Waals surface area contributed by atoms with E-state index in [9.17, 15) is 4.39 Å². The fourth-order valence-electron chi connectivity index (χ4n) is 2.54. The minimum Gasteiger partial charge on any atom is -0.314 e. The summed E-state index contributed by atoms with van der Waals surface area (Å²) < 4.78 is 13.1. The van der Waals surface area contributed by atoms with Gasteiger partial charge in [-0.25, -0.2) is 4.39 Å². The Labute approximate surface area is 115 Å². The molecule has 0 amide bonds. The van der Waals surface area contributed by atoms with E-state index < -0.39 is 0 Å². The number of nitrogens with zero attached hydrogens (tertiary/aromatic N) is 1. The van der Waals surface area contributed by atoms with Gasteiger partial charge in [0, 0.05) is 44.8 Å². The van der Waals surface area contributed by atoms with Gasteiger partial charge in [-0.05, 0) is 31.5 Å². The standard InChI is InChI=1S/C15H24FN3/c1-15(2,19-8-6-17-7-9-19)12-18-11-13-4-3-5-14(16)10-13/h3-5,10,17-18H,6-9,11-12H2,1-2H3. The van der Waals surface area contributed by atoms with Crippen LogP contribution in [0.2, 0.25) is 0 Å². The Morgan fingerprint density at radius 1 is 1.32 bits per heavy atom. The molecule has 0 spiro atoms. The van der Waals surface area contributed by atoms with E-state index >= 15 is 0 Å². The number of halogens is 1. The second kappa shape index (κ2) is 6.46. The molecule has 4 heteroatoms. The topological polar surface area (TPSA) is 27.3 Å². The lowest BCUT2D eigenvalue weighted by Crippen LogP contribution is -2.57. The minimum absolute atomic E-state index is 0.134. The van der Waals surface area contributed by atoms with Crippen molar-refractivity contribution < 1.29 is 4.39 Å². The molecule has 1 aromatic carbocycles. The van der Waals surface area contributed by atoms with Crippen LogP contribution in [-0.2, 0) is 6.54 Å². The van der Waals surface area contributed by atoms with Gasteiger partial charge in [0.25, 0.3) is 0 Å². The number of nitrogens with one attached hydrogen (secondary N) is 2. The molecule has 106 valence electrons. The van der Waals surface area contributed by atoms with Gasteiger partial charge in [-0.15, -0.1) is 0 Å². The average Bonchev–Trinajstić information content (AvgIpc) is 2.40. The fraction of sp³-hybridized carbons (Fsp3) is 0.600. The third-order valence-corrected chi connectivity index (χ3v) is 3.75. The zero-order valence-electron chi connectivity index (χ0n) is 11.9. The van der Waals surface area contributed by atoms with E-state index in [4.69, 9.17) is 0 Å². The van der Waals surface area contributed by atoms with E-state index in [0.29, 0.717) is 6.54 Å². The lowest BCUT2D eigenvalue weighted by molar-refractivity contribution is 0.102. The summed E-state index contributed by atoms with van der Waals surface area (Å²) in [6.45, 7) is 10.5. The Hall–Kier alpha value is -0.970. The maximum Gasteiger partial charge on any atom is 0.123 e. The quantitative estimate of drug-likeness (QED) is 0.847. The molecule has 1 saturated heterocycles. The number of benzene rings is 1. The van der Waals surface area contributed by atoms with Gasteiger partial charge in [-0.3, -0.25) is 4.90 Å². The van der Waals surface area contributed by atoms with Gasteiger partial charge in [0.05, 0.1) is 0 Å². The van der Waals surface area contributed by atoms with Gasteiger partial charge in [0.2, 0.25) is 0 Å². The van der Waals surface area contributed by atoms with Gasteiger partial charge in [-0.1, -0.05) is 12.1 Å². The van der Waals surface area contributed by atoms with E-state index in [1.54, 1.807) is 12.1 Å². The third kappa shape index (κ3) is 4.27. The normalized spacial score (nSPS) is 17.6. The van der Waals surface area contributed by atoms with Crippen LogP contribution in [-0.4, -0.2) is 43.2 Å². The second-order valence-electron chi connectivity index (χ2n) is 5.78. The van der Waals surface area contributed by atoms with Crippen molar-refractivity contribution >= 4 is 0 Å². The fourth-order valence-corrected chi connectivity index (χ4v) is 2.54. The van der Waals surface area contributed by atoms with Crippen LogP contribution in [0.5, 0.6) is 0 Å². The van der Waals surface area contributed by atoms with Crippen molar-refractivity contribution in [1.29, 1.82) is 0 Å². The summed E-state index contributed by atoms with van der Waals surface area (Å²) in [5, 5.41) is 6.81. The van der Waals surface area contributed by atoms with E-state index in [-0.39, 0.29) is 11.4 Å². The van der Waals surface area contributed by atoms with Crippen LogP contribution in [0.4, 0.5) is 4.39 Å². The summed E-state index contributed by atoms with van der Waals surface area (Å²) in [4.78, 5) is 2.50. The van der Waals surface area contributed by atoms with Crippen LogP contribution in [0.3, 0.4) is 0 Å². The molecule has 3 nitrogen and oxygen atoms in total. The number of piperazine rings is 1. The van der Waals surface area contributed by atoms with Gasteiger partial charge < -0.3 is 10.6 Å². The van der Waals surface area contributed by atoms with Crippen LogP contribution in [0.1, 0.15) is 19.4 Å². The van der Waals surface area contributed by atoms with Gasteiger partial charge in [0.1, 0.15) is 5.82 Å². The Balaban J connectivity index is 1.80. The first-order valence-corrected chi connectivity index (χ1v) is 6.99. The molecular weight excluding hydrogens is 241 g/mol. The number of rotatable bonds is 5. The molecule has 0 atom stereocenters. The van der Waals surface area contributed by atoms with Crippen LogP contribution in [0, 0.1) is 5.82 Å². The Morgan fingerprint density at radius 3 is 2.74 bits per heavy atom. The molecule has 19 heavy (non-hydrogen) atoms. The van der Waals surface area contributed by atoms with E-state index in [1.807, 2.05) is 6.07 Å². The first kappa shape index (κ1) is 14.4. The predicted octanol–water partition coefficient (Wildman–Crippen LogP) is 1.60. The molecule has 0 bridgehead atoms. The number of hydrogen-bond acceptors (Lipinski definition) is 3. The highest BCUT2D eigenvalue weighted by atomic mass is 19.1. The predicted molar refractivity (Wildman–Crippen MR) is 76.6 cm³/mol. The maximum atomic E-state index is 13.1. The zero-order valence-corrected chi connectivity index (χ0v) is 11.9. The van der Waals surface area contributed by atoms with E-state index in [1.165, 1.54) is 6.07 Å². The molecule has 0 unspecified atom stereocenters. The lowest BCUT2D eigenvalue weighted by Gasteiger charge is -2.41. The molecule has 0 saturated carbocycles. The van der Waals surface area contributed by atoms with Crippen molar-refractivity contribution in [3.8, 4) is 0 Å². The van der Waals surface area contributed by atoms with Crippen molar-refractivity contribution in [3.05, 3.63) is 35.6 Å². The molecule has 0 aliphatic carbocycles. The van der Waals surface area contributed by atoms with Gasteiger partial charge >= 0.3 is 0 Å². The summed E-state index contributed by atoms with van der Waals surface area (Å²) in [7, 11) is 0. The molecule has 1 heterocycles. The smallest absolute Gasteiger partial charge is 0.123 e. The molecule has 0 aromatic heterocycles. The number of hydrogen-bond donors (Lipinski definition) is 2. The molecular formula is C15H24FN3. The molecule has 1 fully saturated rings. The third-order valence-electron chi connectivity index (χ3n) is 3.75. The van der Waals surface area contributed by atoms with Crippen molar-refractivity contribution in [2.75, 3.05) is 32.7 Å². The molecule has 1 aliphatic heterocycles. The minimum atomic E-state index is -0.166. The summed E-state index contributed by atoms with van der Waals surface area (Å²) >= 11 is 0. The first-order valence-electron chi connectivity index (χ1n) is 6.99. The Morgan fingerprint density at radius 2 is 2.05 bits per heavy atom. The van der Waals surface area contributed by atoms with E-state index in [2.05, 4.69) is 29.4 Å². The molecule has 1 aliphatic rings. The van der Waals surface area contributed by atoms with Crippen LogP contribution < -0.4 is 10.6 Å². The molecule has 0 radical (unpaired) electrons. The van der Waals surface area contributed by atoms with E-state index in [0.717, 1.165) is 38.3 Å². The Bertz CT molecular complexity index is 400. The second-order valence-corrected chi connectivity index (χ2v) is 5.78. The van der Waals surface area contributed by atoms with Gasteiger partial charge in [0.15, 0.2) is 0 Å².